The van der Waals surface area contributed by atoms with Crippen LogP contribution in [0.2, 0.25) is 0 Å². The first-order valence-corrected chi connectivity index (χ1v) is 6.90. The lowest BCUT2D eigenvalue weighted by atomic mass is 10.1. The smallest absolute Gasteiger partial charge is 0.0476 e. The second-order valence-electron chi connectivity index (χ2n) is 5.39. The molecule has 3 heteroatoms. The van der Waals surface area contributed by atoms with E-state index in [2.05, 4.69) is 44.8 Å². The third kappa shape index (κ3) is 6.44. The summed E-state index contributed by atoms with van der Waals surface area (Å²) in [6, 6.07) is 0. The van der Waals surface area contributed by atoms with Crippen LogP contribution in [0.1, 0.15) is 40.5 Å². The maximum Gasteiger partial charge on any atom is 0.0476 e. The number of hydrogen-bond acceptors (Lipinski definition) is 3. The second kappa shape index (κ2) is 6.12. The van der Waals surface area contributed by atoms with Crippen LogP contribution < -0.4 is 5.32 Å². The Morgan fingerprint density at radius 2 is 1.93 bits per heavy atom. The fraction of sp³-hybridized carbons (Fsp3) is 1.00. The van der Waals surface area contributed by atoms with Crippen molar-refractivity contribution in [1.29, 1.82) is 0 Å². The Morgan fingerprint density at radius 1 is 1.33 bits per heavy atom. The van der Waals surface area contributed by atoms with Crippen LogP contribution in [-0.2, 0) is 4.74 Å². The highest BCUT2D eigenvalue weighted by Crippen LogP contribution is 2.25. The summed E-state index contributed by atoms with van der Waals surface area (Å²) in [6.07, 6.45) is 2.45. The van der Waals surface area contributed by atoms with Crippen LogP contribution in [0.25, 0.3) is 0 Å². The van der Waals surface area contributed by atoms with E-state index in [0.29, 0.717) is 5.25 Å². The average Bonchev–Trinajstić information content (AvgIpc) is 2.15. The van der Waals surface area contributed by atoms with Crippen LogP contribution in [0, 0.1) is 0 Å². The molecule has 0 spiro atoms. The van der Waals surface area contributed by atoms with Crippen molar-refractivity contribution in [2.24, 2.45) is 0 Å². The van der Waals surface area contributed by atoms with Crippen LogP contribution in [0.3, 0.4) is 0 Å². The summed E-state index contributed by atoms with van der Waals surface area (Å²) < 4.78 is 5.37. The number of hydrogen-bond donors (Lipinski definition) is 1. The molecule has 0 amide bonds. The Balaban J connectivity index is 2.14. The van der Waals surface area contributed by atoms with Gasteiger partial charge in [-0.1, -0.05) is 6.92 Å². The topological polar surface area (TPSA) is 21.3 Å². The molecule has 1 aliphatic heterocycles. The highest BCUT2D eigenvalue weighted by Gasteiger charge is 2.18. The molecule has 1 unspecified atom stereocenters. The molecular formula is C12H25NOS. The summed E-state index contributed by atoms with van der Waals surface area (Å²) in [7, 11) is 0. The standard InChI is InChI=1S/C12H25NOS/c1-10(9-13-12(2,3)4)15-11-5-7-14-8-6-11/h10-11,13H,5-9H2,1-4H3. The monoisotopic (exact) mass is 231 g/mol. The van der Waals surface area contributed by atoms with Gasteiger partial charge >= 0.3 is 0 Å². The molecule has 1 fully saturated rings. The molecule has 0 bridgehead atoms. The first kappa shape index (κ1) is 13.3. The van der Waals surface area contributed by atoms with Crippen molar-refractivity contribution in [3.05, 3.63) is 0 Å². The zero-order chi connectivity index (χ0) is 11.3. The Bertz CT molecular complexity index is 173. The minimum Gasteiger partial charge on any atom is -0.381 e. The van der Waals surface area contributed by atoms with Crippen molar-refractivity contribution in [3.63, 3.8) is 0 Å². The molecule has 1 aliphatic rings. The molecule has 1 N–H and O–H groups in total. The quantitative estimate of drug-likeness (QED) is 0.804. The average molecular weight is 231 g/mol. The third-order valence-electron chi connectivity index (χ3n) is 2.51. The second-order valence-corrected chi connectivity index (χ2v) is 7.13. The summed E-state index contributed by atoms with van der Waals surface area (Å²) >= 11 is 2.12. The number of rotatable bonds is 4. The fourth-order valence-corrected chi connectivity index (χ4v) is 2.94. The molecule has 0 radical (unpaired) electrons. The zero-order valence-corrected chi connectivity index (χ0v) is 11.3. The molecule has 0 aromatic rings. The Hall–Kier alpha value is 0.270. The molecule has 0 aromatic heterocycles. The van der Waals surface area contributed by atoms with Gasteiger partial charge in [0.15, 0.2) is 0 Å². The van der Waals surface area contributed by atoms with Crippen molar-refractivity contribution >= 4 is 11.8 Å². The lowest BCUT2D eigenvalue weighted by Gasteiger charge is -2.27. The van der Waals surface area contributed by atoms with Gasteiger partial charge in [0.25, 0.3) is 0 Å². The highest BCUT2D eigenvalue weighted by atomic mass is 32.2. The summed E-state index contributed by atoms with van der Waals surface area (Å²) in [6.45, 7) is 12.0. The molecular weight excluding hydrogens is 206 g/mol. The molecule has 15 heavy (non-hydrogen) atoms. The Kier molecular flexibility index (Phi) is 5.44. The van der Waals surface area contributed by atoms with E-state index in [1.165, 1.54) is 12.8 Å². The van der Waals surface area contributed by atoms with E-state index >= 15 is 0 Å². The van der Waals surface area contributed by atoms with Gasteiger partial charge < -0.3 is 10.1 Å². The first-order valence-electron chi connectivity index (χ1n) is 5.95. The van der Waals surface area contributed by atoms with Crippen molar-refractivity contribution < 1.29 is 4.74 Å². The molecule has 0 saturated carbocycles. The van der Waals surface area contributed by atoms with E-state index in [0.717, 1.165) is 25.0 Å². The van der Waals surface area contributed by atoms with E-state index < -0.39 is 0 Å². The van der Waals surface area contributed by atoms with Crippen molar-refractivity contribution in [3.8, 4) is 0 Å². The van der Waals surface area contributed by atoms with Crippen LogP contribution >= 0.6 is 11.8 Å². The van der Waals surface area contributed by atoms with Crippen molar-refractivity contribution in [2.75, 3.05) is 19.8 Å². The Labute approximate surface area is 98.5 Å². The van der Waals surface area contributed by atoms with E-state index in [4.69, 9.17) is 4.74 Å². The van der Waals surface area contributed by atoms with E-state index in [-0.39, 0.29) is 5.54 Å². The normalized spacial score (nSPS) is 21.6. The lowest BCUT2D eigenvalue weighted by molar-refractivity contribution is 0.0999. The van der Waals surface area contributed by atoms with Crippen molar-refractivity contribution in [1.82, 2.24) is 5.32 Å². The van der Waals surface area contributed by atoms with Gasteiger partial charge in [0.1, 0.15) is 0 Å². The van der Waals surface area contributed by atoms with Crippen LogP contribution in [0.5, 0.6) is 0 Å². The zero-order valence-electron chi connectivity index (χ0n) is 10.5. The minimum atomic E-state index is 0.241. The minimum absolute atomic E-state index is 0.241. The number of nitrogens with one attached hydrogen (secondary N) is 1. The molecule has 1 rings (SSSR count). The van der Waals surface area contributed by atoms with Crippen LogP contribution in [0.15, 0.2) is 0 Å². The highest BCUT2D eigenvalue weighted by molar-refractivity contribution is 8.00. The predicted octanol–water partition coefficient (Wildman–Crippen LogP) is 2.68. The molecule has 0 aromatic carbocycles. The van der Waals surface area contributed by atoms with Crippen LogP contribution in [-0.4, -0.2) is 35.8 Å². The van der Waals surface area contributed by atoms with Crippen LogP contribution in [0.4, 0.5) is 0 Å². The van der Waals surface area contributed by atoms with Gasteiger partial charge in [0.05, 0.1) is 0 Å². The van der Waals surface area contributed by atoms with Gasteiger partial charge in [0.2, 0.25) is 0 Å². The summed E-state index contributed by atoms with van der Waals surface area (Å²) in [5.74, 6) is 0. The Morgan fingerprint density at radius 3 is 2.47 bits per heavy atom. The van der Waals surface area contributed by atoms with Gasteiger partial charge in [-0.15, -0.1) is 0 Å². The van der Waals surface area contributed by atoms with E-state index in [1.54, 1.807) is 0 Å². The largest absolute Gasteiger partial charge is 0.381 e. The molecule has 2 nitrogen and oxygen atoms in total. The predicted molar refractivity (Wildman–Crippen MR) is 68.6 cm³/mol. The molecule has 1 heterocycles. The fourth-order valence-electron chi connectivity index (χ4n) is 1.64. The van der Waals surface area contributed by atoms with Crippen molar-refractivity contribution in [2.45, 2.75) is 56.6 Å². The maximum absolute atomic E-state index is 5.37. The molecule has 1 atom stereocenters. The van der Waals surface area contributed by atoms with Gasteiger partial charge in [-0.3, -0.25) is 0 Å². The van der Waals surface area contributed by atoms with Gasteiger partial charge in [-0.05, 0) is 33.6 Å². The van der Waals surface area contributed by atoms with Gasteiger partial charge in [-0.25, -0.2) is 0 Å². The molecule has 0 aliphatic carbocycles. The van der Waals surface area contributed by atoms with E-state index in [1.807, 2.05) is 0 Å². The SMILES string of the molecule is CC(CNC(C)(C)C)SC1CCOCC1. The summed E-state index contributed by atoms with van der Waals surface area (Å²) in [5.41, 5.74) is 0.241. The number of ether oxygens (including phenoxy) is 1. The molecule has 90 valence electrons. The lowest BCUT2D eigenvalue weighted by Crippen LogP contribution is -2.39. The van der Waals surface area contributed by atoms with Gasteiger partial charge in [-0.2, -0.15) is 11.8 Å². The maximum atomic E-state index is 5.37. The first-order chi connectivity index (χ1) is 6.97. The molecule has 1 saturated heterocycles. The van der Waals surface area contributed by atoms with Gasteiger partial charge in [0, 0.05) is 35.8 Å². The summed E-state index contributed by atoms with van der Waals surface area (Å²) in [5, 5.41) is 5.08. The third-order valence-corrected chi connectivity index (χ3v) is 4.00. The van der Waals surface area contributed by atoms with E-state index in [9.17, 15) is 0 Å². The number of thioether (sulfide) groups is 1. The summed E-state index contributed by atoms with van der Waals surface area (Å²) in [4.78, 5) is 0.